The molecular weight excluding hydrogens is 452 g/mol. The van der Waals surface area contributed by atoms with Gasteiger partial charge < -0.3 is 4.74 Å². The zero-order valence-corrected chi connectivity index (χ0v) is 20.8. The molecule has 1 nitrogen and oxygen atoms in total. The van der Waals surface area contributed by atoms with Crippen molar-refractivity contribution in [3.63, 3.8) is 0 Å². The summed E-state index contributed by atoms with van der Waals surface area (Å²) in [5, 5.41) is 0. The van der Waals surface area contributed by atoms with Gasteiger partial charge in [-0.25, -0.2) is 17.6 Å². The van der Waals surface area contributed by atoms with Crippen LogP contribution >= 0.6 is 0 Å². The van der Waals surface area contributed by atoms with Crippen LogP contribution in [0.5, 0.6) is 5.75 Å². The van der Waals surface area contributed by atoms with E-state index in [1.807, 2.05) is 0 Å². The van der Waals surface area contributed by atoms with Crippen LogP contribution in [0, 0.1) is 46.9 Å². The lowest BCUT2D eigenvalue weighted by Crippen LogP contribution is -2.26. The average molecular weight is 491 g/mol. The number of benzene rings is 2. The maximum absolute atomic E-state index is 14.5. The second-order valence-electron chi connectivity index (χ2n) is 10.7. The van der Waals surface area contributed by atoms with Crippen LogP contribution in [0.3, 0.4) is 0 Å². The van der Waals surface area contributed by atoms with Gasteiger partial charge in [0, 0.05) is 12.1 Å². The third-order valence-corrected chi connectivity index (χ3v) is 8.40. The number of hydrogen-bond acceptors (Lipinski definition) is 1. The van der Waals surface area contributed by atoms with E-state index in [2.05, 4.69) is 6.92 Å². The Kier molecular flexibility index (Phi) is 9.13. The van der Waals surface area contributed by atoms with Crippen molar-refractivity contribution in [3.8, 4) is 16.9 Å². The molecule has 0 atom stereocenters. The Morgan fingerprint density at radius 1 is 0.686 bits per heavy atom. The van der Waals surface area contributed by atoms with Gasteiger partial charge >= 0.3 is 0 Å². The second kappa shape index (κ2) is 12.3. The van der Waals surface area contributed by atoms with Gasteiger partial charge in [0.25, 0.3) is 0 Å². The van der Waals surface area contributed by atoms with Crippen molar-refractivity contribution in [3.05, 3.63) is 53.6 Å². The lowest BCUT2D eigenvalue weighted by molar-refractivity contribution is 0.138. The molecule has 0 saturated heterocycles. The number of rotatable bonds is 9. The first-order valence-electron chi connectivity index (χ1n) is 13.5. The van der Waals surface area contributed by atoms with Crippen LogP contribution in [0.4, 0.5) is 17.6 Å². The Hall–Kier alpha value is -2.04. The lowest BCUT2D eigenvalue weighted by atomic mass is 9.68. The van der Waals surface area contributed by atoms with Gasteiger partial charge in [0.1, 0.15) is 17.4 Å². The fraction of sp³-hybridized carbons (Fsp3) is 0.600. The first kappa shape index (κ1) is 26.0. The van der Waals surface area contributed by atoms with E-state index < -0.39 is 23.3 Å². The summed E-state index contributed by atoms with van der Waals surface area (Å²) in [5.74, 6) is -0.259. The zero-order valence-electron chi connectivity index (χ0n) is 20.8. The molecule has 0 N–H and O–H groups in total. The lowest BCUT2D eigenvalue weighted by Gasteiger charge is -2.38. The monoisotopic (exact) mass is 490 g/mol. The summed E-state index contributed by atoms with van der Waals surface area (Å²) < 4.78 is 61.3. The van der Waals surface area contributed by atoms with Crippen molar-refractivity contribution in [1.29, 1.82) is 0 Å². The molecule has 0 bridgehead atoms. The molecule has 35 heavy (non-hydrogen) atoms. The van der Waals surface area contributed by atoms with Crippen LogP contribution in [0.2, 0.25) is 0 Å². The normalized spacial score (nSPS) is 24.9. The first-order valence-corrected chi connectivity index (χ1v) is 13.5. The quantitative estimate of drug-likeness (QED) is 0.251. The fourth-order valence-electron chi connectivity index (χ4n) is 6.43. The summed E-state index contributed by atoms with van der Waals surface area (Å²) in [6.45, 7) is 2.70. The largest absolute Gasteiger partial charge is 0.493 e. The summed E-state index contributed by atoms with van der Waals surface area (Å²) >= 11 is 0. The molecule has 2 fully saturated rings. The van der Waals surface area contributed by atoms with Gasteiger partial charge in [0.15, 0.2) is 11.6 Å². The van der Waals surface area contributed by atoms with Gasteiger partial charge in [-0.1, -0.05) is 51.5 Å². The van der Waals surface area contributed by atoms with E-state index in [4.69, 9.17) is 4.74 Å². The molecule has 0 aromatic heterocycles. The van der Waals surface area contributed by atoms with Gasteiger partial charge in [-0.05, 0) is 79.9 Å². The highest BCUT2D eigenvalue weighted by Gasteiger charge is 2.30. The van der Waals surface area contributed by atoms with E-state index in [1.54, 1.807) is 0 Å². The average Bonchev–Trinajstić information content (AvgIpc) is 2.85. The molecule has 2 aromatic carbocycles. The molecule has 0 aliphatic heterocycles. The Balaban J connectivity index is 1.19. The van der Waals surface area contributed by atoms with E-state index in [0.717, 1.165) is 66.8 Å². The summed E-state index contributed by atoms with van der Waals surface area (Å²) in [4.78, 5) is 0. The molecule has 0 amide bonds. The maximum atomic E-state index is 14.5. The Morgan fingerprint density at radius 3 is 1.80 bits per heavy atom. The highest BCUT2D eigenvalue weighted by Crippen LogP contribution is 2.43. The number of ether oxygens (including phenoxy) is 1. The summed E-state index contributed by atoms with van der Waals surface area (Å²) in [6, 6.07) is 5.04. The van der Waals surface area contributed by atoms with Crippen molar-refractivity contribution in [2.75, 3.05) is 6.61 Å². The standard InChI is InChI=1S/C30H38F4O/c1-2-4-20-6-10-22(11-7-20)23-12-8-21(9-13-23)5-3-16-35-25-18-28(33)30(29(34)19-25)24-14-15-26(31)27(32)17-24/h14-15,17-23H,2-13,16H2,1H3/t20-,21?,22-,23?. The van der Waals surface area contributed by atoms with Gasteiger partial charge in [-0.2, -0.15) is 0 Å². The maximum Gasteiger partial charge on any atom is 0.159 e. The van der Waals surface area contributed by atoms with Crippen molar-refractivity contribution < 1.29 is 22.3 Å². The third kappa shape index (κ3) is 6.80. The Morgan fingerprint density at radius 2 is 1.26 bits per heavy atom. The predicted molar refractivity (Wildman–Crippen MR) is 132 cm³/mol. The Labute approximate surface area is 207 Å². The van der Waals surface area contributed by atoms with Crippen LogP contribution in [-0.2, 0) is 0 Å². The molecular formula is C30H38F4O. The molecule has 0 radical (unpaired) electrons. The fourth-order valence-corrected chi connectivity index (χ4v) is 6.43. The van der Waals surface area contributed by atoms with Gasteiger partial charge in [0.2, 0.25) is 0 Å². The van der Waals surface area contributed by atoms with Gasteiger partial charge in [-0.3, -0.25) is 0 Å². The first-order chi connectivity index (χ1) is 16.9. The van der Waals surface area contributed by atoms with Crippen molar-refractivity contribution in [2.24, 2.45) is 23.7 Å². The van der Waals surface area contributed by atoms with Gasteiger partial charge in [-0.15, -0.1) is 0 Å². The minimum absolute atomic E-state index is 0.0462. The summed E-state index contributed by atoms with van der Waals surface area (Å²) in [7, 11) is 0. The molecule has 5 heteroatoms. The number of halogens is 4. The molecule has 0 unspecified atom stereocenters. The van der Waals surface area contributed by atoms with E-state index in [1.165, 1.54) is 64.2 Å². The van der Waals surface area contributed by atoms with Crippen LogP contribution in [0.25, 0.3) is 11.1 Å². The number of hydrogen-bond donors (Lipinski definition) is 0. The van der Waals surface area contributed by atoms with Crippen molar-refractivity contribution in [1.82, 2.24) is 0 Å². The third-order valence-electron chi connectivity index (χ3n) is 8.40. The van der Waals surface area contributed by atoms with Crippen LogP contribution in [0.1, 0.15) is 84.0 Å². The van der Waals surface area contributed by atoms with E-state index in [9.17, 15) is 17.6 Å². The SMILES string of the molecule is CCC[C@H]1CC[C@H](C2CCC(CCCOc3cc(F)c(-c4ccc(F)c(F)c4)c(F)c3)CC2)CC1. The highest BCUT2D eigenvalue weighted by atomic mass is 19.2. The zero-order chi connectivity index (χ0) is 24.8. The smallest absolute Gasteiger partial charge is 0.159 e. The molecule has 0 spiro atoms. The molecule has 2 saturated carbocycles. The predicted octanol–water partition coefficient (Wildman–Crippen LogP) is 9.48. The molecule has 192 valence electrons. The van der Waals surface area contributed by atoms with Crippen molar-refractivity contribution >= 4 is 0 Å². The highest BCUT2D eigenvalue weighted by molar-refractivity contribution is 5.66. The minimum Gasteiger partial charge on any atom is -0.493 e. The van der Waals surface area contributed by atoms with Crippen LogP contribution < -0.4 is 4.74 Å². The van der Waals surface area contributed by atoms with Crippen molar-refractivity contribution in [2.45, 2.75) is 84.0 Å². The molecule has 2 aliphatic rings. The van der Waals surface area contributed by atoms with E-state index in [-0.39, 0.29) is 16.9 Å². The molecule has 2 aromatic rings. The summed E-state index contributed by atoms with van der Waals surface area (Å²) in [6.07, 6.45) is 15.6. The molecule has 0 heterocycles. The van der Waals surface area contributed by atoms with E-state index in [0.29, 0.717) is 6.61 Å². The van der Waals surface area contributed by atoms with Gasteiger partial charge in [0.05, 0.1) is 12.2 Å². The second-order valence-corrected chi connectivity index (χ2v) is 10.7. The molecule has 2 aliphatic carbocycles. The topological polar surface area (TPSA) is 9.23 Å². The molecule has 4 rings (SSSR count). The summed E-state index contributed by atoms with van der Waals surface area (Å²) in [5.41, 5.74) is -0.429. The van der Waals surface area contributed by atoms with Crippen LogP contribution in [-0.4, -0.2) is 6.61 Å². The van der Waals surface area contributed by atoms with E-state index >= 15 is 0 Å². The van der Waals surface area contributed by atoms with Crippen LogP contribution in [0.15, 0.2) is 30.3 Å². The minimum atomic E-state index is -1.14. The Bertz CT molecular complexity index is 936.